The number of pyridine rings is 2. The number of hydrogen-bond donors (Lipinski definition) is 2. The van der Waals surface area contributed by atoms with Gasteiger partial charge in [-0.15, -0.1) is 0 Å². The summed E-state index contributed by atoms with van der Waals surface area (Å²) in [6.07, 6.45) is -3.19. The van der Waals surface area contributed by atoms with Gasteiger partial charge in [-0.05, 0) is 69.0 Å². The minimum Gasteiger partial charge on any atom is -0.481 e. The summed E-state index contributed by atoms with van der Waals surface area (Å²) in [6, 6.07) is 13.1. The minimum absolute atomic E-state index is 0.119. The van der Waals surface area contributed by atoms with Crippen molar-refractivity contribution in [3.8, 4) is 11.3 Å². The molecule has 3 aromatic rings. The Morgan fingerprint density at radius 3 is 2.44 bits per heavy atom. The highest BCUT2D eigenvalue weighted by Crippen LogP contribution is 2.39. The van der Waals surface area contributed by atoms with Gasteiger partial charge >= 0.3 is 12.1 Å². The molecule has 10 heteroatoms. The van der Waals surface area contributed by atoms with Crippen LogP contribution in [0.25, 0.3) is 11.3 Å². The smallest absolute Gasteiger partial charge is 0.418 e. The number of nitrogens with one attached hydrogen (secondary N) is 1. The van der Waals surface area contributed by atoms with Crippen molar-refractivity contribution in [2.45, 2.75) is 44.8 Å². The Morgan fingerprint density at radius 2 is 1.78 bits per heavy atom. The Balaban J connectivity index is 1.58. The molecular weight excluding hydrogens is 489 g/mol. The van der Waals surface area contributed by atoms with E-state index in [-0.39, 0.29) is 11.5 Å². The standard InChI is InChI=1S/C26H27F3N4O2S/c1-16-7-4-8-17(2)22(16)23-18(26(27,28)29)11-12-19(30-23)32-36-21-10-5-9-20(31-21)33-14-6-13-25(3,15-33)24(34)35/h4-5,7-12H,6,13-15H2,1-3H3,(H,30,32)(H,34,35)/t25-/m1/s1. The van der Waals surface area contributed by atoms with E-state index >= 15 is 0 Å². The molecular formula is C26H27F3N4O2S. The zero-order chi connectivity index (χ0) is 26.1. The van der Waals surface area contributed by atoms with E-state index in [1.165, 1.54) is 6.07 Å². The number of hydrogen-bond acceptors (Lipinski definition) is 6. The lowest BCUT2D eigenvalue weighted by atomic mass is 9.82. The van der Waals surface area contributed by atoms with E-state index in [9.17, 15) is 23.1 Å². The zero-order valence-corrected chi connectivity index (χ0v) is 21.0. The van der Waals surface area contributed by atoms with Gasteiger partial charge in [0.05, 0.1) is 16.7 Å². The van der Waals surface area contributed by atoms with Crippen molar-refractivity contribution < 1.29 is 23.1 Å². The van der Waals surface area contributed by atoms with Gasteiger partial charge in [0.25, 0.3) is 0 Å². The number of benzene rings is 1. The number of halogens is 3. The van der Waals surface area contributed by atoms with Crippen molar-refractivity contribution in [3.63, 3.8) is 0 Å². The summed E-state index contributed by atoms with van der Waals surface area (Å²) in [6.45, 7) is 6.34. The first kappa shape index (κ1) is 25.8. The SMILES string of the molecule is Cc1cccc(C)c1-c1nc(NSc2cccc(N3CCC[C@@](C)(C(=O)O)C3)n2)ccc1C(F)(F)F. The molecule has 2 aromatic heterocycles. The molecule has 6 nitrogen and oxygen atoms in total. The second kappa shape index (κ2) is 10.0. The molecule has 1 fully saturated rings. The summed E-state index contributed by atoms with van der Waals surface area (Å²) in [7, 11) is 0. The second-order valence-electron chi connectivity index (χ2n) is 9.29. The maximum Gasteiger partial charge on any atom is 0.418 e. The summed E-state index contributed by atoms with van der Waals surface area (Å²) in [5.74, 6) is 0.104. The van der Waals surface area contributed by atoms with Crippen molar-refractivity contribution in [2.24, 2.45) is 5.41 Å². The molecule has 0 radical (unpaired) electrons. The molecule has 36 heavy (non-hydrogen) atoms. The maximum atomic E-state index is 13.8. The maximum absolute atomic E-state index is 13.8. The van der Waals surface area contributed by atoms with E-state index in [0.29, 0.717) is 47.0 Å². The van der Waals surface area contributed by atoms with Crippen LogP contribution >= 0.6 is 11.9 Å². The van der Waals surface area contributed by atoms with E-state index < -0.39 is 23.1 Å². The third-order valence-electron chi connectivity index (χ3n) is 6.42. The molecule has 0 bridgehead atoms. The fraction of sp³-hybridized carbons (Fsp3) is 0.346. The van der Waals surface area contributed by atoms with Crippen LogP contribution in [0.3, 0.4) is 0 Å². The van der Waals surface area contributed by atoms with Crippen LogP contribution in [-0.2, 0) is 11.0 Å². The predicted octanol–water partition coefficient (Wildman–Crippen LogP) is 6.59. The zero-order valence-electron chi connectivity index (χ0n) is 20.2. The van der Waals surface area contributed by atoms with Crippen LogP contribution in [-0.4, -0.2) is 34.1 Å². The summed E-state index contributed by atoms with van der Waals surface area (Å²) >= 11 is 1.14. The number of rotatable bonds is 6. The lowest BCUT2D eigenvalue weighted by Crippen LogP contribution is -2.46. The van der Waals surface area contributed by atoms with E-state index in [2.05, 4.69) is 14.7 Å². The molecule has 0 aliphatic carbocycles. The van der Waals surface area contributed by atoms with Crippen molar-refractivity contribution in [1.29, 1.82) is 0 Å². The van der Waals surface area contributed by atoms with Crippen molar-refractivity contribution >= 4 is 29.6 Å². The highest BCUT2D eigenvalue weighted by atomic mass is 32.2. The van der Waals surface area contributed by atoms with Crippen molar-refractivity contribution in [1.82, 2.24) is 9.97 Å². The van der Waals surface area contributed by atoms with Crippen LogP contribution in [0.2, 0.25) is 0 Å². The Labute approximate surface area is 212 Å². The van der Waals surface area contributed by atoms with Crippen molar-refractivity contribution in [2.75, 3.05) is 22.7 Å². The molecule has 0 saturated carbocycles. The average Bonchev–Trinajstić information content (AvgIpc) is 2.82. The molecule has 4 rings (SSSR count). The lowest BCUT2D eigenvalue weighted by molar-refractivity contribution is -0.148. The quantitative estimate of drug-likeness (QED) is 0.358. The molecule has 1 saturated heterocycles. The molecule has 1 aliphatic rings. The summed E-state index contributed by atoms with van der Waals surface area (Å²) in [5.41, 5.74) is 0.137. The van der Waals surface area contributed by atoms with Crippen molar-refractivity contribution in [3.05, 3.63) is 65.2 Å². The molecule has 0 unspecified atom stereocenters. The normalized spacial score (nSPS) is 18.2. The first-order valence-corrected chi connectivity index (χ1v) is 12.3. The molecule has 3 heterocycles. The van der Waals surface area contributed by atoms with Gasteiger partial charge < -0.3 is 14.7 Å². The summed E-state index contributed by atoms with van der Waals surface area (Å²) in [4.78, 5) is 22.6. The van der Waals surface area contributed by atoms with Gasteiger partial charge in [0.15, 0.2) is 0 Å². The number of carboxylic acids is 1. The number of piperidine rings is 1. The van der Waals surface area contributed by atoms with Crippen LogP contribution in [0.15, 0.2) is 53.6 Å². The number of carbonyl (C=O) groups is 1. The summed E-state index contributed by atoms with van der Waals surface area (Å²) < 4.78 is 44.4. The van der Waals surface area contributed by atoms with Crippen LogP contribution in [0.4, 0.5) is 24.8 Å². The number of anilines is 2. The van der Waals surface area contributed by atoms with Gasteiger partial charge in [0, 0.05) is 30.6 Å². The Bertz CT molecular complexity index is 1260. The van der Waals surface area contributed by atoms with Crippen LogP contribution in [0.1, 0.15) is 36.5 Å². The Kier molecular flexibility index (Phi) is 7.17. The Morgan fingerprint density at radius 1 is 1.08 bits per heavy atom. The van der Waals surface area contributed by atoms with Gasteiger partial charge in [-0.2, -0.15) is 13.2 Å². The van der Waals surface area contributed by atoms with Gasteiger partial charge in [0.1, 0.15) is 16.7 Å². The molecule has 190 valence electrons. The topological polar surface area (TPSA) is 78.4 Å². The molecule has 0 spiro atoms. The monoisotopic (exact) mass is 516 g/mol. The number of nitrogens with zero attached hydrogens (tertiary/aromatic N) is 3. The number of aliphatic carboxylic acids is 1. The van der Waals surface area contributed by atoms with E-state index in [1.54, 1.807) is 45.0 Å². The number of aryl methyl sites for hydroxylation is 2. The van der Waals surface area contributed by atoms with E-state index in [1.807, 2.05) is 17.0 Å². The molecule has 1 atom stereocenters. The van der Waals surface area contributed by atoms with E-state index in [4.69, 9.17) is 0 Å². The molecule has 1 aromatic carbocycles. The van der Waals surface area contributed by atoms with Gasteiger partial charge in [-0.3, -0.25) is 4.79 Å². The fourth-order valence-corrected chi connectivity index (χ4v) is 5.08. The summed E-state index contributed by atoms with van der Waals surface area (Å²) in [5, 5.41) is 10.2. The highest BCUT2D eigenvalue weighted by molar-refractivity contribution is 8.00. The number of alkyl halides is 3. The van der Waals surface area contributed by atoms with Gasteiger partial charge in [-0.1, -0.05) is 24.3 Å². The van der Waals surface area contributed by atoms with E-state index in [0.717, 1.165) is 24.4 Å². The minimum atomic E-state index is -4.54. The first-order valence-electron chi connectivity index (χ1n) is 11.5. The third-order valence-corrected chi connectivity index (χ3v) is 7.17. The highest BCUT2D eigenvalue weighted by Gasteiger charge is 2.38. The molecule has 0 amide bonds. The molecule has 2 N–H and O–H groups in total. The lowest BCUT2D eigenvalue weighted by Gasteiger charge is -2.38. The van der Waals surface area contributed by atoms with Gasteiger partial charge in [-0.25, -0.2) is 9.97 Å². The largest absolute Gasteiger partial charge is 0.481 e. The predicted molar refractivity (Wildman–Crippen MR) is 135 cm³/mol. The Hall–Kier alpha value is -3.27. The first-order chi connectivity index (χ1) is 17.0. The average molecular weight is 517 g/mol. The van der Waals surface area contributed by atoms with Crippen LogP contribution in [0, 0.1) is 19.3 Å². The number of carboxylic acid groups (broad SMARTS) is 1. The van der Waals surface area contributed by atoms with Gasteiger partial charge in [0.2, 0.25) is 0 Å². The number of aromatic nitrogens is 2. The molecule has 1 aliphatic heterocycles. The third kappa shape index (κ3) is 5.43. The fourth-order valence-electron chi connectivity index (χ4n) is 4.47. The van der Waals surface area contributed by atoms with Crippen LogP contribution < -0.4 is 9.62 Å². The second-order valence-corrected chi connectivity index (χ2v) is 10.1. The van der Waals surface area contributed by atoms with Crippen LogP contribution in [0.5, 0.6) is 0 Å².